The molecule has 1 aliphatic rings. The number of nitrogens with zero attached hydrogens (tertiary/aromatic N) is 1. The molecule has 1 saturated carbocycles. The van der Waals surface area contributed by atoms with E-state index in [1.807, 2.05) is 23.1 Å². The predicted octanol–water partition coefficient (Wildman–Crippen LogP) is 2.32. The number of carbonyl (C=O) groups is 1. The molecule has 98 valence electrons. The highest BCUT2D eigenvalue weighted by Crippen LogP contribution is 2.38. The monoisotopic (exact) mass is 247 g/mol. The van der Waals surface area contributed by atoms with Crippen LogP contribution in [0.15, 0.2) is 30.3 Å². The van der Waals surface area contributed by atoms with Crippen LogP contribution in [0.2, 0.25) is 0 Å². The maximum Gasteiger partial charge on any atom is 0.248 e. The average molecular weight is 247 g/mol. The fraction of sp³-hybridized carbons (Fsp3) is 0.533. The van der Waals surface area contributed by atoms with Gasteiger partial charge in [0, 0.05) is 20.2 Å². The Morgan fingerprint density at radius 3 is 2.61 bits per heavy atom. The Morgan fingerprint density at radius 2 is 2.06 bits per heavy atom. The second-order valence-corrected chi connectivity index (χ2v) is 5.17. The lowest BCUT2D eigenvalue weighted by Gasteiger charge is -2.22. The van der Waals surface area contributed by atoms with Crippen molar-refractivity contribution < 1.29 is 9.53 Å². The average Bonchev–Trinajstić information content (AvgIpc) is 3.06. The summed E-state index contributed by atoms with van der Waals surface area (Å²) < 4.78 is 4.96. The van der Waals surface area contributed by atoms with Gasteiger partial charge in [0.15, 0.2) is 0 Å². The van der Waals surface area contributed by atoms with Crippen molar-refractivity contribution in [3.63, 3.8) is 0 Å². The van der Waals surface area contributed by atoms with Crippen LogP contribution < -0.4 is 0 Å². The first kappa shape index (κ1) is 13.1. The molecule has 0 unspecified atom stereocenters. The molecule has 2 atom stereocenters. The summed E-state index contributed by atoms with van der Waals surface area (Å²) in [5.41, 5.74) is 1.18. The topological polar surface area (TPSA) is 29.5 Å². The van der Waals surface area contributed by atoms with Crippen LogP contribution in [0, 0.1) is 11.8 Å². The highest BCUT2D eigenvalue weighted by atomic mass is 16.5. The van der Waals surface area contributed by atoms with Gasteiger partial charge in [-0.05, 0) is 23.8 Å². The van der Waals surface area contributed by atoms with Gasteiger partial charge in [-0.25, -0.2) is 0 Å². The highest BCUT2D eigenvalue weighted by Gasteiger charge is 2.35. The second-order valence-electron chi connectivity index (χ2n) is 5.17. The molecule has 0 spiro atoms. The molecular formula is C15H21NO2. The van der Waals surface area contributed by atoms with E-state index in [9.17, 15) is 4.79 Å². The number of ether oxygens (including phenoxy) is 1. The zero-order chi connectivity index (χ0) is 13.0. The molecule has 1 aliphatic carbocycles. The molecule has 0 aromatic heterocycles. The zero-order valence-electron chi connectivity index (χ0n) is 11.1. The summed E-state index contributed by atoms with van der Waals surface area (Å²) in [4.78, 5) is 13.9. The second kappa shape index (κ2) is 6.01. The summed E-state index contributed by atoms with van der Waals surface area (Å²) in [7, 11) is 1.57. The van der Waals surface area contributed by atoms with Gasteiger partial charge in [-0.3, -0.25) is 4.79 Å². The van der Waals surface area contributed by atoms with Crippen molar-refractivity contribution in [1.29, 1.82) is 0 Å². The molecule has 1 aromatic rings. The van der Waals surface area contributed by atoms with Gasteiger partial charge in [0.25, 0.3) is 0 Å². The maximum atomic E-state index is 12.0. The molecule has 1 aromatic carbocycles. The molecule has 1 amide bonds. The summed E-state index contributed by atoms with van der Waals surface area (Å²) in [6.07, 6.45) is 1.24. The van der Waals surface area contributed by atoms with E-state index in [1.165, 1.54) is 12.0 Å². The van der Waals surface area contributed by atoms with Gasteiger partial charge in [0.1, 0.15) is 6.61 Å². The Labute approximate surface area is 109 Å². The molecule has 3 heteroatoms. The Hall–Kier alpha value is -1.35. The minimum Gasteiger partial charge on any atom is -0.375 e. The van der Waals surface area contributed by atoms with E-state index < -0.39 is 0 Å². The van der Waals surface area contributed by atoms with E-state index in [1.54, 1.807) is 7.11 Å². The first-order valence-corrected chi connectivity index (χ1v) is 6.51. The normalized spacial score (nSPS) is 21.7. The van der Waals surface area contributed by atoms with Gasteiger partial charge in [-0.2, -0.15) is 0 Å². The van der Waals surface area contributed by atoms with E-state index in [4.69, 9.17) is 4.74 Å². The van der Waals surface area contributed by atoms with Crippen LogP contribution in [-0.4, -0.2) is 31.1 Å². The fourth-order valence-electron chi connectivity index (χ4n) is 2.21. The van der Waals surface area contributed by atoms with Crippen LogP contribution in [0.3, 0.4) is 0 Å². The molecular weight excluding hydrogens is 226 g/mol. The summed E-state index contributed by atoms with van der Waals surface area (Å²) in [5, 5.41) is 0. The molecule has 0 aliphatic heterocycles. The number of carbonyl (C=O) groups excluding carboxylic acids is 1. The largest absolute Gasteiger partial charge is 0.375 e. The number of methoxy groups -OCH3 is 1. The van der Waals surface area contributed by atoms with Crippen LogP contribution >= 0.6 is 0 Å². The van der Waals surface area contributed by atoms with E-state index >= 15 is 0 Å². The quantitative estimate of drug-likeness (QED) is 0.772. The summed E-state index contributed by atoms with van der Waals surface area (Å²) >= 11 is 0. The fourth-order valence-corrected chi connectivity index (χ4v) is 2.21. The number of rotatable bonds is 6. The van der Waals surface area contributed by atoms with Crippen molar-refractivity contribution in [1.82, 2.24) is 4.90 Å². The molecule has 18 heavy (non-hydrogen) atoms. The molecule has 3 nitrogen and oxygen atoms in total. The van der Waals surface area contributed by atoms with Crippen LogP contribution in [0.25, 0.3) is 0 Å². The summed E-state index contributed by atoms with van der Waals surface area (Å²) in [6, 6.07) is 10.1. The third-order valence-corrected chi connectivity index (χ3v) is 3.57. The Kier molecular flexibility index (Phi) is 4.37. The smallest absolute Gasteiger partial charge is 0.248 e. The van der Waals surface area contributed by atoms with Crippen molar-refractivity contribution in [2.75, 3.05) is 20.3 Å². The van der Waals surface area contributed by atoms with Crippen LogP contribution in [0.4, 0.5) is 0 Å². The van der Waals surface area contributed by atoms with E-state index in [0.717, 1.165) is 12.5 Å². The van der Waals surface area contributed by atoms with Crippen molar-refractivity contribution >= 4 is 5.91 Å². The van der Waals surface area contributed by atoms with Crippen molar-refractivity contribution in [2.45, 2.75) is 19.9 Å². The van der Waals surface area contributed by atoms with E-state index in [0.29, 0.717) is 12.5 Å². The molecule has 0 radical (unpaired) electrons. The van der Waals surface area contributed by atoms with Crippen LogP contribution in [-0.2, 0) is 16.1 Å². The van der Waals surface area contributed by atoms with Gasteiger partial charge in [0.05, 0.1) is 0 Å². The summed E-state index contributed by atoms with van der Waals surface area (Å²) in [6.45, 7) is 3.96. The minimum atomic E-state index is 0.0838. The van der Waals surface area contributed by atoms with Gasteiger partial charge >= 0.3 is 0 Å². The molecule has 2 rings (SSSR count). The zero-order valence-corrected chi connectivity index (χ0v) is 11.1. The molecule has 1 fully saturated rings. The number of amides is 1. The lowest BCUT2D eigenvalue weighted by molar-refractivity contribution is -0.136. The first-order valence-electron chi connectivity index (χ1n) is 6.51. The first-order chi connectivity index (χ1) is 8.70. The van der Waals surface area contributed by atoms with Crippen molar-refractivity contribution in [3.05, 3.63) is 35.9 Å². The third-order valence-electron chi connectivity index (χ3n) is 3.57. The summed E-state index contributed by atoms with van der Waals surface area (Å²) in [5.74, 6) is 1.52. The standard InChI is InChI=1S/C15H21NO2/c1-12-8-14(12)10-16(15(17)11-18-2)9-13-6-4-3-5-7-13/h3-7,12,14H,8-11H2,1-2H3/t12-,14+/m1/s1. The van der Waals surface area contributed by atoms with Crippen LogP contribution in [0.5, 0.6) is 0 Å². The lowest BCUT2D eigenvalue weighted by atomic mass is 10.2. The predicted molar refractivity (Wildman–Crippen MR) is 71.0 cm³/mol. The molecule has 0 N–H and O–H groups in total. The Morgan fingerprint density at radius 1 is 1.39 bits per heavy atom. The van der Waals surface area contributed by atoms with Gasteiger partial charge in [-0.1, -0.05) is 37.3 Å². The molecule has 0 bridgehead atoms. The van der Waals surface area contributed by atoms with Crippen LogP contribution in [0.1, 0.15) is 18.9 Å². The highest BCUT2D eigenvalue weighted by molar-refractivity contribution is 5.77. The van der Waals surface area contributed by atoms with Gasteiger partial charge in [0.2, 0.25) is 5.91 Å². The van der Waals surface area contributed by atoms with Crippen molar-refractivity contribution in [3.8, 4) is 0 Å². The minimum absolute atomic E-state index is 0.0838. The Bertz CT molecular complexity index is 391. The number of hydrogen-bond donors (Lipinski definition) is 0. The van der Waals surface area contributed by atoms with Crippen molar-refractivity contribution in [2.24, 2.45) is 11.8 Å². The number of hydrogen-bond acceptors (Lipinski definition) is 2. The van der Waals surface area contributed by atoms with Gasteiger partial charge in [-0.15, -0.1) is 0 Å². The SMILES string of the molecule is COCC(=O)N(Cc1ccccc1)C[C@@H]1C[C@H]1C. The van der Waals surface area contributed by atoms with Gasteiger partial charge < -0.3 is 9.64 Å². The van der Waals surface area contributed by atoms with E-state index in [-0.39, 0.29) is 12.5 Å². The van der Waals surface area contributed by atoms with E-state index in [2.05, 4.69) is 19.1 Å². The molecule has 0 saturated heterocycles. The lowest BCUT2D eigenvalue weighted by Crippen LogP contribution is -2.35. The molecule has 0 heterocycles. The third kappa shape index (κ3) is 3.57. The maximum absolute atomic E-state index is 12.0. The number of benzene rings is 1. The Balaban J connectivity index is 1.97.